The Morgan fingerprint density at radius 3 is 1.19 bits per heavy atom. The average molecular weight is 574 g/mol. The van der Waals surface area contributed by atoms with Gasteiger partial charge in [0.15, 0.2) is 0 Å². The average Bonchev–Trinajstić information content (AvgIpc) is 2.98. The fraction of sp³-hybridized carbons (Fsp3) is 0.314. The van der Waals surface area contributed by atoms with E-state index < -0.39 is 5.31 Å². The fourth-order valence-electron chi connectivity index (χ4n) is 5.60. The van der Waals surface area contributed by atoms with Crippen LogP contribution in [-0.2, 0) is 6.42 Å². The van der Waals surface area contributed by atoms with Crippen LogP contribution in [0.3, 0.4) is 0 Å². The molecule has 0 bridgehead atoms. The normalized spacial score (nSPS) is 12.6. The van der Waals surface area contributed by atoms with Gasteiger partial charge < -0.3 is 0 Å². The van der Waals surface area contributed by atoms with Crippen LogP contribution in [-0.4, -0.2) is 0 Å². The zero-order valence-corrected chi connectivity index (χ0v) is 24.8. The van der Waals surface area contributed by atoms with E-state index in [9.17, 15) is 0 Å². The van der Waals surface area contributed by atoms with E-state index in [0.29, 0.717) is 0 Å². The first kappa shape index (κ1) is 27.8. The molecule has 0 spiro atoms. The number of hydrogen-bond acceptors (Lipinski definition) is 0. The van der Waals surface area contributed by atoms with Crippen molar-refractivity contribution in [2.24, 2.45) is 0 Å². The molecule has 37 heavy (non-hydrogen) atoms. The van der Waals surface area contributed by atoms with Gasteiger partial charge in [-0.05, 0) is 0 Å². The summed E-state index contributed by atoms with van der Waals surface area (Å²) in [5, 5.41) is 2.25. The molecule has 0 atom stereocenters. The number of aryl methyl sites for hydroxylation is 1. The molecule has 4 aromatic carbocycles. The first-order chi connectivity index (χ1) is 18.2. The van der Waals surface area contributed by atoms with Crippen LogP contribution in [0.5, 0.6) is 0 Å². The van der Waals surface area contributed by atoms with Crippen LogP contribution in [0, 0.1) is 0 Å². The summed E-state index contributed by atoms with van der Waals surface area (Å²) in [5.74, 6) is 0. The maximum absolute atomic E-state index is 4.58. The second kappa shape index (κ2) is 13.5. The molecule has 194 valence electrons. The summed E-state index contributed by atoms with van der Waals surface area (Å²) in [6.45, 7) is 2.29. The first-order valence-corrected chi connectivity index (χ1v) is 18.4. The summed E-state index contributed by atoms with van der Waals surface area (Å²) in [7, 11) is 0. The summed E-state index contributed by atoms with van der Waals surface area (Å²) in [4.78, 5) is 0. The van der Waals surface area contributed by atoms with Crippen molar-refractivity contribution in [1.29, 1.82) is 0 Å². The van der Waals surface area contributed by atoms with Crippen molar-refractivity contribution >= 4 is 42.0 Å². The summed E-state index contributed by atoms with van der Waals surface area (Å²) in [6, 6.07) is 42.6. The van der Waals surface area contributed by atoms with Crippen LogP contribution in [0.1, 0.15) is 70.3 Å². The third kappa shape index (κ3) is 6.10. The molecule has 2 heteroatoms. The van der Waals surface area contributed by atoms with E-state index in [0.717, 1.165) is 6.42 Å². The zero-order valence-electron chi connectivity index (χ0n) is 22.4. The molecule has 4 aromatic rings. The first-order valence-electron chi connectivity index (χ1n) is 14.2. The molecule has 0 saturated carbocycles. The molecule has 0 N–H and O–H groups in total. The molecule has 0 aromatic heterocycles. The van der Waals surface area contributed by atoms with Crippen molar-refractivity contribution in [3.8, 4) is 0 Å². The molecule has 0 saturated heterocycles. The zero-order chi connectivity index (χ0) is 25.8. The molecule has 0 unspecified atom stereocenters. The monoisotopic (exact) mass is 572 g/mol. The van der Waals surface area contributed by atoms with Gasteiger partial charge in [-0.15, -0.1) is 0 Å². The summed E-state index contributed by atoms with van der Waals surface area (Å²) < 4.78 is 0. The molecule has 0 aliphatic carbocycles. The summed E-state index contributed by atoms with van der Waals surface area (Å²) in [6.07, 6.45) is 13.5. The predicted octanol–water partition coefficient (Wildman–Crippen LogP) is 9.22. The Balaban J connectivity index is 1.60. The number of benzene rings is 4. The van der Waals surface area contributed by atoms with Crippen molar-refractivity contribution in [2.75, 3.05) is 0 Å². The maximum atomic E-state index is 4.58. The second-order valence-corrected chi connectivity index (χ2v) is 18.6. The van der Waals surface area contributed by atoms with Crippen LogP contribution >= 0.6 is 20.8 Å². The molecular formula is C35H42BrP. The Morgan fingerprint density at radius 1 is 0.432 bits per heavy atom. The second-order valence-electron chi connectivity index (χ2n) is 10.3. The van der Waals surface area contributed by atoms with Crippen molar-refractivity contribution in [3.05, 3.63) is 121 Å². The number of halogens is 1. The van der Waals surface area contributed by atoms with Crippen molar-refractivity contribution in [1.82, 2.24) is 0 Å². The van der Waals surface area contributed by atoms with Gasteiger partial charge in [0.2, 0.25) is 0 Å². The van der Waals surface area contributed by atoms with E-state index in [1.807, 2.05) is 0 Å². The molecule has 0 heterocycles. The Labute approximate surface area is 233 Å². The number of hydrogen-bond donors (Lipinski definition) is 0. The Bertz CT molecular complexity index is 1090. The Hall–Kier alpha value is -2.21. The van der Waals surface area contributed by atoms with Crippen LogP contribution in [0.15, 0.2) is 115 Å². The van der Waals surface area contributed by atoms with Gasteiger partial charge in [0.25, 0.3) is 0 Å². The van der Waals surface area contributed by atoms with Crippen LogP contribution in [0.25, 0.3) is 0 Å². The van der Waals surface area contributed by atoms with Crippen LogP contribution in [0.4, 0.5) is 0 Å². The van der Waals surface area contributed by atoms with Gasteiger partial charge in [-0.1, -0.05) is 19.8 Å². The van der Waals surface area contributed by atoms with E-state index in [1.54, 1.807) is 0 Å². The Kier molecular flexibility index (Phi) is 10.2. The van der Waals surface area contributed by atoms with Gasteiger partial charge in [-0.25, -0.2) is 0 Å². The molecule has 0 nitrogen and oxygen atoms in total. The van der Waals surface area contributed by atoms with E-state index >= 15 is 0 Å². The summed E-state index contributed by atoms with van der Waals surface area (Å²) in [5.41, 5.74) is 1.44. The topological polar surface area (TPSA) is 0 Å². The number of rotatable bonds is 14. The van der Waals surface area contributed by atoms with Crippen molar-refractivity contribution in [2.45, 2.75) is 71.1 Å². The van der Waals surface area contributed by atoms with Gasteiger partial charge in [-0.2, -0.15) is 0 Å². The third-order valence-electron chi connectivity index (χ3n) is 7.71. The molecule has 0 aliphatic heterocycles. The molecule has 0 radical (unpaired) electrons. The molecule has 4 rings (SSSR count). The standard InChI is InChI=1S/C35H42BrP/c1-2-3-4-5-6-7-8-9-13-20-31-27-29-35(30-28-31)37(36,32-21-14-10-15-22-32,33-23-16-11-17-24-33)34-25-18-12-19-26-34/h10-12,14-19,21-30H,2-9,13,20H2,1H3. The van der Waals surface area contributed by atoms with Crippen molar-refractivity contribution < 1.29 is 0 Å². The quantitative estimate of drug-likeness (QED) is 0.104. The van der Waals surface area contributed by atoms with E-state index in [4.69, 9.17) is 0 Å². The van der Waals surface area contributed by atoms with Crippen LogP contribution < -0.4 is 21.2 Å². The van der Waals surface area contributed by atoms with E-state index in [2.05, 4.69) is 138 Å². The molecule has 0 fully saturated rings. The van der Waals surface area contributed by atoms with Gasteiger partial charge in [0.05, 0.1) is 0 Å². The summed E-state index contributed by atoms with van der Waals surface area (Å²) >= 11 is 4.58. The fourth-order valence-corrected chi connectivity index (χ4v) is 13.1. The van der Waals surface area contributed by atoms with Crippen molar-refractivity contribution in [3.63, 3.8) is 0 Å². The minimum absolute atomic E-state index is 1.16. The predicted molar refractivity (Wildman–Crippen MR) is 171 cm³/mol. The van der Waals surface area contributed by atoms with Gasteiger partial charge in [0, 0.05) is 0 Å². The minimum atomic E-state index is -3.10. The third-order valence-corrected chi connectivity index (χ3v) is 17.7. The SMILES string of the molecule is CCCCCCCCCCCc1ccc(P(Br)(c2ccccc2)(c2ccccc2)c2ccccc2)cc1. The molecule has 0 amide bonds. The molecule has 0 aliphatic rings. The van der Waals surface area contributed by atoms with E-state index in [-0.39, 0.29) is 0 Å². The Morgan fingerprint density at radius 2 is 0.784 bits per heavy atom. The van der Waals surface area contributed by atoms with Gasteiger partial charge >= 0.3 is 214 Å². The number of unbranched alkanes of at least 4 members (excludes halogenated alkanes) is 8. The van der Waals surface area contributed by atoms with Gasteiger partial charge in [0.1, 0.15) is 0 Å². The molecular weight excluding hydrogens is 531 g/mol. The van der Waals surface area contributed by atoms with E-state index in [1.165, 1.54) is 84.6 Å². The van der Waals surface area contributed by atoms with Gasteiger partial charge in [-0.3, -0.25) is 0 Å². The van der Waals surface area contributed by atoms with Crippen LogP contribution in [0.2, 0.25) is 0 Å².